The summed E-state index contributed by atoms with van der Waals surface area (Å²) in [6, 6.07) is 7.73. The van der Waals surface area contributed by atoms with Crippen LogP contribution in [0.1, 0.15) is 30.1 Å². The maximum atomic E-state index is 13.2. The second kappa shape index (κ2) is 8.47. The zero-order valence-corrected chi connectivity index (χ0v) is 15.7. The molecule has 1 N–H and O–H groups in total. The lowest BCUT2D eigenvalue weighted by Crippen LogP contribution is -2.44. The van der Waals surface area contributed by atoms with Crippen molar-refractivity contribution in [3.8, 4) is 0 Å². The fraction of sp³-hybridized carbons (Fsp3) is 0.368. The molecule has 2 heterocycles. The lowest BCUT2D eigenvalue weighted by molar-refractivity contribution is 0.186. The number of carbonyl (C=O) groups excluding carboxylic acids is 1. The van der Waals surface area contributed by atoms with Gasteiger partial charge < -0.3 is 10.2 Å². The van der Waals surface area contributed by atoms with Gasteiger partial charge in [0.2, 0.25) is 0 Å². The SMILES string of the molecule is O=C(NCC(c1cccnc1)S(=O)(=O)c1ccc(F)cc1)N1CCCCC1. The zero-order valence-electron chi connectivity index (χ0n) is 14.8. The summed E-state index contributed by atoms with van der Waals surface area (Å²) in [4.78, 5) is 18.1. The molecule has 2 aromatic rings. The van der Waals surface area contributed by atoms with Crippen molar-refractivity contribution in [1.82, 2.24) is 15.2 Å². The first-order chi connectivity index (χ1) is 13.0. The van der Waals surface area contributed by atoms with Crippen LogP contribution in [0.3, 0.4) is 0 Å². The Balaban J connectivity index is 1.83. The predicted octanol–water partition coefficient (Wildman–Crippen LogP) is 2.93. The van der Waals surface area contributed by atoms with E-state index >= 15 is 0 Å². The lowest BCUT2D eigenvalue weighted by atomic mass is 10.1. The number of nitrogens with one attached hydrogen (secondary N) is 1. The number of rotatable bonds is 5. The fourth-order valence-corrected chi connectivity index (χ4v) is 4.79. The highest BCUT2D eigenvalue weighted by Gasteiger charge is 2.30. The van der Waals surface area contributed by atoms with Crippen LogP contribution >= 0.6 is 0 Å². The number of piperidine rings is 1. The summed E-state index contributed by atoms with van der Waals surface area (Å²) in [5.74, 6) is -0.509. The smallest absolute Gasteiger partial charge is 0.317 e. The van der Waals surface area contributed by atoms with Crippen LogP contribution in [-0.2, 0) is 9.84 Å². The predicted molar refractivity (Wildman–Crippen MR) is 99.4 cm³/mol. The molecule has 0 aliphatic carbocycles. The molecule has 3 rings (SSSR count). The Morgan fingerprint density at radius 3 is 2.48 bits per heavy atom. The van der Waals surface area contributed by atoms with Gasteiger partial charge in [-0.3, -0.25) is 4.98 Å². The summed E-state index contributed by atoms with van der Waals surface area (Å²) in [7, 11) is -3.84. The van der Waals surface area contributed by atoms with E-state index in [0.29, 0.717) is 18.7 Å². The maximum Gasteiger partial charge on any atom is 0.317 e. The number of urea groups is 1. The molecular weight excluding hydrogens is 369 g/mol. The highest BCUT2D eigenvalue weighted by Crippen LogP contribution is 2.28. The number of benzene rings is 1. The molecule has 0 radical (unpaired) electrons. The zero-order chi connectivity index (χ0) is 19.3. The Morgan fingerprint density at radius 2 is 1.85 bits per heavy atom. The molecule has 27 heavy (non-hydrogen) atoms. The molecule has 6 nitrogen and oxygen atoms in total. The van der Waals surface area contributed by atoms with Crippen molar-refractivity contribution in [3.63, 3.8) is 0 Å². The van der Waals surface area contributed by atoms with Crippen molar-refractivity contribution in [2.45, 2.75) is 29.4 Å². The number of nitrogens with zero attached hydrogens (tertiary/aromatic N) is 2. The number of pyridine rings is 1. The molecule has 1 fully saturated rings. The molecule has 2 amide bonds. The largest absolute Gasteiger partial charge is 0.336 e. The monoisotopic (exact) mass is 391 g/mol. The second-order valence-electron chi connectivity index (χ2n) is 6.51. The van der Waals surface area contributed by atoms with Gasteiger partial charge in [-0.15, -0.1) is 0 Å². The standard InChI is InChI=1S/C19H22FN3O3S/c20-16-6-8-17(9-7-16)27(25,26)18(15-5-4-10-21-13-15)14-22-19(24)23-11-2-1-3-12-23/h4-10,13,18H,1-3,11-12,14H2,(H,22,24). The molecular formula is C19H22FN3O3S. The summed E-state index contributed by atoms with van der Waals surface area (Å²) in [5, 5.41) is 1.74. The third-order valence-electron chi connectivity index (χ3n) is 4.65. The van der Waals surface area contributed by atoms with Gasteiger partial charge in [0, 0.05) is 32.0 Å². The van der Waals surface area contributed by atoms with Crippen LogP contribution in [0.5, 0.6) is 0 Å². The van der Waals surface area contributed by atoms with E-state index in [1.165, 1.54) is 18.3 Å². The van der Waals surface area contributed by atoms with Gasteiger partial charge >= 0.3 is 6.03 Å². The topological polar surface area (TPSA) is 79.4 Å². The molecule has 144 valence electrons. The Kier molecular flexibility index (Phi) is 6.05. The average molecular weight is 391 g/mol. The van der Waals surface area contributed by atoms with Crippen LogP contribution in [0.2, 0.25) is 0 Å². The van der Waals surface area contributed by atoms with E-state index in [9.17, 15) is 17.6 Å². The number of amides is 2. The third-order valence-corrected chi connectivity index (χ3v) is 6.77. The molecule has 1 atom stereocenters. The van der Waals surface area contributed by atoms with E-state index in [4.69, 9.17) is 0 Å². The van der Waals surface area contributed by atoms with Gasteiger partial charge in [-0.1, -0.05) is 6.07 Å². The number of hydrogen-bond donors (Lipinski definition) is 1. The fourth-order valence-electron chi connectivity index (χ4n) is 3.15. The number of halogens is 1. The van der Waals surface area contributed by atoms with Gasteiger partial charge in [-0.25, -0.2) is 17.6 Å². The van der Waals surface area contributed by atoms with E-state index in [1.54, 1.807) is 23.2 Å². The van der Waals surface area contributed by atoms with Gasteiger partial charge in [-0.05, 0) is 55.2 Å². The number of hydrogen-bond acceptors (Lipinski definition) is 4. The molecule has 1 aliphatic heterocycles. The van der Waals surface area contributed by atoms with Crippen LogP contribution in [0.4, 0.5) is 9.18 Å². The number of sulfone groups is 1. The van der Waals surface area contributed by atoms with Crippen LogP contribution < -0.4 is 5.32 Å². The summed E-state index contributed by atoms with van der Waals surface area (Å²) in [5.41, 5.74) is 0.473. The van der Waals surface area contributed by atoms with Crippen LogP contribution in [0.25, 0.3) is 0 Å². The Morgan fingerprint density at radius 1 is 1.15 bits per heavy atom. The summed E-state index contributed by atoms with van der Waals surface area (Å²) < 4.78 is 39.4. The van der Waals surface area contributed by atoms with E-state index in [-0.39, 0.29) is 17.5 Å². The minimum absolute atomic E-state index is 0.00461. The quantitative estimate of drug-likeness (QED) is 0.795. The van der Waals surface area contributed by atoms with E-state index in [0.717, 1.165) is 31.4 Å². The van der Waals surface area contributed by atoms with E-state index < -0.39 is 20.9 Å². The third kappa shape index (κ3) is 4.63. The van der Waals surface area contributed by atoms with Crippen molar-refractivity contribution in [2.24, 2.45) is 0 Å². The molecule has 0 spiro atoms. The van der Waals surface area contributed by atoms with Gasteiger partial charge in [-0.2, -0.15) is 0 Å². The minimum Gasteiger partial charge on any atom is -0.336 e. The molecule has 8 heteroatoms. The Labute approximate surface area is 158 Å². The van der Waals surface area contributed by atoms with Crippen molar-refractivity contribution >= 4 is 15.9 Å². The maximum absolute atomic E-state index is 13.2. The summed E-state index contributed by atoms with van der Waals surface area (Å²) >= 11 is 0. The van der Waals surface area contributed by atoms with Crippen molar-refractivity contribution < 1.29 is 17.6 Å². The van der Waals surface area contributed by atoms with E-state index in [1.807, 2.05) is 0 Å². The molecule has 1 aromatic heterocycles. The first kappa shape index (κ1) is 19.3. The van der Waals surface area contributed by atoms with Gasteiger partial charge in [0.15, 0.2) is 9.84 Å². The van der Waals surface area contributed by atoms with Crippen molar-refractivity contribution in [2.75, 3.05) is 19.6 Å². The number of aromatic nitrogens is 1. The average Bonchev–Trinajstić information content (AvgIpc) is 2.69. The molecule has 1 unspecified atom stereocenters. The first-order valence-electron chi connectivity index (χ1n) is 8.90. The summed E-state index contributed by atoms with van der Waals surface area (Å²) in [6.45, 7) is 1.27. The van der Waals surface area contributed by atoms with Gasteiger partial charge in [0.05, 0.1) is 4.90 Å². The lowest BCUT2D eigenvalue weighted by Gasteiger charge is -2.28. The highest BCUT2D eigenvalue weighted by atomic mass is 32.2. The normalized spacial score (nSPS) is 16.0. The van der Waals surface area contributed by atoms with Crippen molar-refractivity contribution in [3.05, 3.63) is 60.2 Å². The highest BCUT2D eigenvalue weighted by molar-refractivity contribution is 7.91. The molecule has 1 aliphatic rings. The van der Waals surface area contributed by atoms with Crippen LogP contribution in [0, 0.1) is 5.82 Å². The minimum atomic E-state index is -3.84. The second-order valence-corrected chi connectivity index (χ2v) is 8.64. The Bertz CT molecular complexity index is 867. The Hall–Kier alpha value is -2.48. The van der Waals surface area contributed by atoms with Crippen molar-refractivity contribution in [1.29, 1.82) is 0 Å². The van der Waals surface area contributed by atoms with E-state index in [2.05, 4.69) is 10.3 Å². The molecule has 0 saturated carbocycles. The number of likely N-dealkylation sites (tertiary alicyclic amines) is 1. The van der Waals surface area contributed by atoms with Crippen LogP contribution in [-0.4, -0.2) is 44.0 Å². The summed E-state index contributed by atoms with van der Waals surface area (Å²) in [6.07, 6.45) is 6.03. The first-order valence-corrected chi connectivity index (χ1v) is 10.5. The molecule has 0 bridgehead atoms. The van der Waals surface area contributed by atoms with Gasteiger partial charge in [0.1, 0.15) is 11.1 Å². The number of carbonyl (C=O) groups is 1. The van der Waals surface area contributed by atoms with Gasteiger partial charge in [0.25, 0.3) is 0 Å². The molecule has 1 saturated heterocycles. The van der Waals surface area contributed by atoms with Crippen LogP contribution in [0.15, 0.2) is 53.7 Å². The molecule has 1 aromatic carbocycles.